The summed E-state index contributed by atoms with van der Waals surface area (Å²) < 4.78 is 6.79. The van der Waals surface area contributed by atoms with Crippen molar-refractivity contribution in [2.24, 2.45) is 11.8 Å². The lowest BCUT2D eigenvalue weighted by Gasteiger charge is -2.32. The first kappa shape index (κ1) is 14.4. The summed E-state index contributed by atoms with van der Waals surface area (Å²) in [6.07, 6.45) is 3.42. The Bertz CT molecular complexity index is 472. The molecule has 0 heterocycles. The smallest absolute Gasteiger partial charge is 0.335 e. The highest BCUT2D eigenvalue weighted by atomic mass is 79.9. The zero-order chi connectivity index (χ0) is 14.0. The van der Waals surface area contributed by atoms with Crippen molar-refractivity contribution in [2.45, 2.75) is 39.2 Å². The van der Waals surface area contributed by atoms with E-state index in [1.165, 1.54) is 6.42 Å². The summed E-state index contributed by atoms with van der Waals surface area (Å²) in [5.41, 5.74) is 0.260. The van der Waals surface area contributed by atoms with E-state index in [9.17, 15) is 4.79 Å². The fourth-order valence-corrected chi connectivity index (χ4v) is 2.85. The topological polar surface area (TPSA) is 46.5 Å². The zero-order valence-electron chi connectivity index (χ0n) is 11.2. The Morgan fingerprint density at radius 3 is 2.68 bits per heavy atom. The fraction of sp³-hybridized carbons (Fsp3) is 0.533. The molecule has 0 saturated heterocycles. The van der Waals surface area contributed by atoms with Crippen LogP contribution in [0.3, 0.4) is 0 Å². The summed E-state index contributed by atoms with van der Waals surface area (Å²) in [5, 5.41) is 9.01. The number of aromatic carboxylic acids is 1. The Morgan fingerprint density at radius 2 is 2.05 bits per heavy atom. The van der Waals surface area contributed by atoms with Crippen molar-refractivity contribution in [1.82, 2.24) is 0 Å². The molecule has 1 fully saturated rings. The number of hydrogen-bond acceptors (Lipinski definition) is 2. The normalized spacial score (nSPS) is 27.0. The number of benzene rings is 1. The third-order valence-electron chi connectivity index (χ3n) is 4.02. The minimum Gasteiger partial charge on any atom is -0.489 e. The van der Waals surface area contributed by atoms with Crippen molar-refractivity contribution >= 4 is 21.9 Å². The number of rotatable bonds is 3. The number of ether oxygens (including phenoxy) is 1. The van der Waals surface area contributed by atoms with E-state index in [0.717, 1.165) is 23.2 Å². The molecule has 1 aliphatic carbocycles. The van der Waals surface area contributed by atoms with Gasteiger partial charge in [-0.1, -0.05) is 13.8 Å². The highest BCUT2D eigenvalue weighted by Gasteiger charge is 2.26. The monoisotopic (exact) mass is 326 g/mol. The first-order valence-corrected chi connectivity index (χ1v) is 7.46. The van der Waals surface area contributed by atoms with Crippen LogP contribution in [-0.2, 0) is 0 Å². The van der Waals surface area contributed by atoms with Crippen LogP contribution < -0.4 is 4.74 Å². The third kappa shape index (κ3) is 3.50. The standard InChI is InChI=1S/C15H19BrO3/c1-9-3-5-12(7-10(9)2)19-14-8-11(15(17)18)4-6-13(14)16/h4,6,8-10,12H,3,5,7H2,1-2H3,(H,17,18). The second-order valence-corrected chi connectivity index (χ2v) is 6.31. The van der Waals surface area contributed by atoms with Gasteiger partial charge in [-0.2, -0.15) is 0 Å². The summed E-state index contributed by atoms with van der Waals surface area (Å²) in [4.78, 5) is 11.0. The van der Waals surface area contributed by atoms with Crippen LogP contribution in [0.25, 0.3) is 0 Å². The molecule has 1 aromatic carbocycles. The number of carbonyl (C=O) groups is 1. The quantitative estimate of drug-likeness (QED) is 0.898. The van der Waals surface area contributed by atoms with E-state index < -0.39 is 5.97 Å². The zero-order valence-corrected chi connectivity index (χ0v) is 12.8. The van der Waals surface area contributed by atoms with Gasteiger partial charge in [-0.25, -0.2) is 4.79 Å². The highest BCUT2D eigenvalue weighted by Crippen LogP contribution is 2.34. The van der Waals surface area contributed by atoms with E-state index in [2.05, 4.69) is 29.8 Å². The molecule has 104 valence electrons. The Hall–Kier alpha value is -1.03. The molecule has 0 bridgehead atoms. The molecule has 0 aromatic heterocycles. The molecule has 3 atom stereocenters. The van der Waals surface area contributed by atoms with Crippen molar-refractivity contribution in [3.8, 4) is 5.75 Å². The summed E-state index contributed by atoms with van der Waals surface area (Å²) in [6, 6.07) is 4.90. The number of hydrogen-bond donors (Lipinski definition) is 1. The first-order valence-electron chi connectivity index (χ1n) is 6.67. The minimum atomic E-state index is -0.928. The molecule has 1 aromatic rings. The maximum absolute atomic E-state index is 11.0. The van der Waals surface area contributed by atoms with Crippen LogP contribution in [0.2, 0.25) is 0 Å². The van der Waals surface area contributed by atoms with Gasteiger partial charge in [0.1, 0.15) is 5.75 Å². The molecular formula is C15H19BrO3. The lowest BCUT2D eigenvalue weighted by atomic mass is 9.80. The number of carboxylic acid groups (broad SMARTS) is 1. The van der Waals surface area contributed by atoms with Gasteiger partial charge < -0.3 is 9.84 Å². The van der Waals surface area contributed by atoms with Gasteiger partial charge in [0.25, 0.3) is 0 Å². The van der Waals surface area contributed by atoms with Crippen molar-refractivity contribution < 1.29 is 14.6 Å². The molecule has 4 heteroatoms. The van der Waals surface area contributed by atoms with Crippen LogP contribution in [0, 0.1) is 11.8 Å². The predicted molar refractivity (Wildman–Crippen MR) is 77.7 cm³/mol. The maximum atomic E-state index is 11.0. The average molecular weight is 327 g/mol. The van der Waals surface area contributed by atoms with Gasteiger partial charge in [0.15, 0.2) is 0 Å². The average Bonchev–Trinajstić information content (AvgIpc) is 2.36. The number of halogens is 1. The molecule has 1 aliphatic rings. The van der Waals surface area contributed by atoms with E-state index in [1.807, 2.05) is 0 Å². The van der Waals surface area contributed by atoms with E-state index in [0.29, 0.717) is 11.7 Å². The summed E-state index contributed by atoms with van der Waals surface area (Å²) in [6.45, 7) is 4.53. The summed E-state index contributed by atoms with van der Waals surface area (Å²) >= 11 is 3.42. The Labute approximate surface area is 122 Å². The highest BCUT2D eigenvalue weighted by molar-refractivity contribution is 9.10. The molecule has 19 heavy (non-hydrogen) atoms. The Balaban J connectivity index is 2.10. The minimum absolute atomic E-state index is 0.187. The van der Waals surface area contributed by atoms with Crippen LogP contribution in [0.4, 0.5) is 0 Å². The van der Waals surface area contributed by atoms with Crippen molar-refractivity contribution in [2.75, 3.05) is 0 Å². The summed E-state index contributed by atoms with van der Waals surface area (Å²) in [7, 11) is 0. The van der Waals surface area contributed by atoms with Crippen molar-refractivity contribution in [1.29, 1.82) is 0 Å². The predicted octanol–water partition coefficient (Wildman–Crippen LogP) is 4.35. The van der Waals surface area contributed by atoms with Gasteiger partial charge in [0.05, 0.1) is 16.1 Å². The Kier molecular flexibility index (Phi) is 4.50. The largest absolute Gasteiger partial charge is 0.489 e. The molecule has 2 rings (SSSR count). The van der Waals surface area contributed by atoms with Crippen molar-refractivity contribution in [3.05, 3.63) is 28.2 Å². The molecule has 0 radical (unpaired) electrons. The van der Waals surface area contributed by atoms with Gasteiger partial charge >= 0.3 is 5.97 Å². The van der Waals surface area contributed by atoms with Crippen LogP contribution >= 0.6 is 15.9 Å². The lowest BCUT2D eigenvalue weighted by molar-refractivity contribution is 0.0694. The van der Waals surface area contributed by atoms with E-state index in [-0.39, 0.29) is 11.7 Å². The molecule has 1 N–H and O–H groups in total. The SMILES string of the molecule is CC1CCC(Oc2cc(C(=O)O)ccc2Br)CC1C. The second-order valence-electron chi connectivity index (χ2n) is 5.46. The van der Waals surface area contributed by atoms with Gasteiger partial charge in [0, 0.05) is 0 Å². The van der Waals surface area contributed by atoms with E-state index >= 15 is 0 Å². The molecule has 3 nitrogen and oxygen atoms in total. The van der Waals surface area contributed by atoms with Gasteiger partial charge in [-0.15, -0.1) is 0 Å². The van der Waals surface area contributed by atoms with Crippen LogP contribution in [0.1, 0.15) is 43.5 Å². The van der Waals surface area contributed by atoms with E-state index in [1.54, 1.807) is 18.2 Å². The molecule has 0 spiro atoms. The molecule has 3 unspecified atom stereocenters. The first-order chi connectivity index (χ1) is 8.97. The lowest BCUT2D eigenvalue weighted by Crippen LogP contribution is -2.28. The van der Waals surface area contributed by atoms with Crippen molar-refractivity contribution in [3.63, 3.8) is 0 Å². The van der Waals surface area contributed by atoms with Crippen LogP contribution in [-0.4, -0.2) is 17.2 Å². The van der Waals surface area contributed by atoms with Gasteiger partial charge in [-0.3, -0.25) is 0 Å². The Morgan fingerprint density at radius 1 is 1.32 bits per heavy atom. The van der Waals surface area contributed by atoms with Crippen LogP contribution in [0.5, 0.6) is 5.75 Å². The molecule has 1 saturated carbocycles. The van der Waals surface area contributed by atoms with Gasteiger partial charge in [-0.05, 0) is 65.2 Å². The summed E-state index contributed by atoms with van der Waals surface area (Å²) in [5.74, 6) is 1.10. The molecule has 0 aliphatic heterocycles. The number of carboxylic acids is 1. The molecule has 0 amide bonds. The molecular weight excluding hydrogens is 308 g/mol. The van der Waals surface area contributed by atoms with Gasteiger partial charge in [0.2, 0.25) is 0 Å². The third-order valence-corrected chi connectivity index (χ3v) is 4.68. The van der Waals surface area contributed by atoms with E-state index in [4.69, 9.17) is 9.84 Å². The second kappa shape index (κ2) is 5.95. The fourth-order valence-electron chi connectivity index (χ4n) is 2.51. The maximum Gasteiger partial charge on any atom is 0.335 e. The van der Waals surface area contributed by atoms with Crippen LogP contribution in [0.15, 0.2) is 22.7 Å².